The zero-order valence-corrected chi connectivity index (χ0v) is 32.4. The molecule has 0 amide bonds. The number of aromatic nitrogens is 3. The molecule has 0 aliphatic carbocycles. The van der Waals surface area contributed by atoms with Crippen LogP contribution in [0.5, 0.6) is 23.0 Å². The maximum absolute atomic E-state index is 9.34. The summed E-state index contributed by atoms with van der Waals surface area (Å²) in [6.45, 7) is 26.3. The number of aryl methyl sites for hydroxylation is 1. The Labute approximate surface area is 288 Å². The quantitative estimate of drug-likeness (QED) is 0.162. The Morgan fingerprint density at radius 2 is 1.42 bits per heavy atom. The van der Waals surface area contributed by atoms with Crippen LogP contribution in [0.25, 0.3) is 22.5 Å². The van der Waals surface area contributed by atoms with Crippen molar-refractivity contribution >= 4 is 16.6 Å². The van der Waals surface area contributed by atoms with E-state index in [1.807, 2.05) is 47.1 Å². The normalized spacial score (nSPS) is 13.6. The maximum Gasteiger partial charge on any atom is 0.250 e. The molecule has 254 valence electrons. The van der Waals surface area contributed by atoms with Gasteiger partial charge >= 0.3 is 0 Å². The monoisotopic (exact) mass is 682 g/mol. The van der Waals surface area contributed by atoms with Crippen molar-refractivity contribution in [3.8, 4) is 51.6 Å². The van der Waals surface area contributed by atoms with Crippen LogP contribution in [-0.2, 0) is 13.0 Å². The van der Waals surface area contributed by atoms with Crippen molar-refractivity contribution < 1.29 is 18.3 Å². The van der Waals surface area contributed by atoms with Crippen LogP contribution in [0.4, 0.5) is 0 Å². The standard InChI is InChI=1S/C38H50N4O4Si2/c1-12-28-21-30(33(46-48(10,11)38(5,6)7)23-32(28)45-47(8,9)37(2,3)4)35-36(29-17-18-31-34(22-29)44-20-19-43-31)42(41-40-35)25-27-15-13-26(24-39)14-16-27/h13-18,21-23H,12,19-20,25H2,1-11H3. The Morgan fingerprint density at radius 1 is 0.812 bits per heavy atom. The van der Waals surface area contributed by atoms with Gasteiger partial charge in [0.05, 0.1) is 23.9 Å². The summed E-state index contributed by atoms with van der Waals surface area (Å²) in [4.78, 5) is 0. The second-order valence-electron chi connectivity index (χ2n) is 15.6. The molecule has 0 unspecified atom stereocenters. The molecule has 1 aromatic heterocycles. The molecular weight excluding hydrogens is 633 g/mol. The lowest BCUT2D eigenvalue weighted by Crippen LogP contribution is -2.44. The molecule has 0 atom stereocenters. The van der Waals surface area contributed by atoms with Crippen molar-refractivity contribution in [2.24, 2.45) is 0 Å². The molecule has 0 saturated heterocycles. The summed E-state index contributed by atoms with van der Waals surface area (Å²) >= 11 is 0. The third-order valence-electron chi connectivity index (χ3n) is 10.1. The highest BCUT2D eigenvalue weighted by molar-refractivity contribution is 6.75. The van der Waals surface area contributed by atoms with E-state index in [1.165, 1.54) is 0 Å². The lowest BCUT2D eigenvalue weighted by atomic mass is 9.99. The fourth-order valence-corrected chi connectivity index (χ4v) is 7.11. The first kappa shape index (κ1) is 35.2. The molecule has 3 aromatic carbocycles. The van der Waals surface area contributed by atoms with Gasteiger partial charge in [-0.1, -0.05) is 65.8 Å². The van der Waals surface area contributed by atoms with Crippen LogP contribution in [0.1, 0.15) is 65.2 Å². The second-order valence-corrected chi connectivity index (χ2v) is 25.1. The van der Waals surface area contributed by atoms with Crippen molar-refractivity contribution in [2.45, 2.75) is 97.7 Å². The predicted molar refractivity (Wildman–Crippen MR) is 197 cm³/mol. The van der Waals surface area contributed by atoms with Gasteiger partial charge in [-0.05, 0) is 90.2 Å². The lowest BCUT2D eigenvalue weighted by molar-refractivity contribution is 0.171. The van der Waals surface area contributed by atoms with Gasteiger partial charge in [-0.25, -0.2) is 4.68 Å². The highest BCUT2D eigenvalue weighted by atomic mass is 28.4. The first-order valence-electron chi connectivity index (χ1n) is 16.8. The summed E-state index contributed by atoms with van der Waals surface area (Å²) in [6.07, 6.45) is 0.788. The Morgan fingerprint density at radius 3 is 2.00 bits per heavy atom. The first-order chi connectivity index (χ1) is 22.4. The van der Waals surface area contributed by atoms with Crippen LogP contribution < -0.4 is 18.3 Å². The average molecular weight is 683 g/mol. The number of nitrogens with zero attached hydrogens (tertiary/aromatic N) is 4. The van der Waals surface area contributed by atoms with Gasteiger partial charge in [0.1, 0.15) is 30.4 Å². The van der Waals surface area contributed by atoms with Crippen LogP contribution in [-0.4, -0.2) is 44.8 Å². The number of hydrogen-bond donors (Lipinski definition) is 0. The van der Waals surface area contributed by atoms with E-state index in [0.717, 1.165) is 57.3 Å². The molecule has 2 heterocycles. The molecule has 4 aromatic rings. The van der Waals surface area contributed by atoms with Gasteiger partial charge in [-0.15, -0.1) is 5.10 Å². The molecule has 1 aliphatic rings. The zero-order chi connectivity index (χ0) is 35.1. The van der Waals surface area contributed by atoms with E-state index >= 15 is 0 Å². The fourth-order valence-electron chi connectivity index (χ4n) is 5.04. The van der Waals surface area contributed by atoms with E-state index in [9.17, 15) is 5.26 Å². The Balaban J connectivity index is 1.74. The molecular formula is C38H50N4O4Si2. The summed E-state index contributed by atoms with van der Waals surface area (Å²) in [6, 6.07) is 20.1. The van der Waals surface area contributed by atoms with Gasteiger partial charge in [0.25, 0.3) is 8.32 Å². The van der Waals surface area contributed by atoms with Gasteiger partial charge in [0.15, 0.2) is 11.5 Å². The van der Waals surface area contributed by atoms with Crippen molar-refractivity contribution in [1.82, 2.24) is 15.0 Å². The maximum atomic E-state index is 9.34. The Bertz CT molecular complexity index is 1830. The van der Waals surface area contributed by atoms with E-state index in [1.54, 1.807) is 0 Å². The number of fused-ring (bicyclic) bond motifs is 1. The molecule has 10 heteroatoms. The van der Waals surface area contributed by atoms with Crippen LogP contribution >= 0.6 is 0 Å². The van der Waals surface area contributed by atoms with Crippen LogP contribution in [0.15, 0.2) is 54.6 Å². The van der Waals surface area contributed by atoms with E-state index in [4.69, 9.17) is 28.6 Å². The van der Waals surface area contributed by atoms with Crippen LogP contribution in [0, 0.1) is 11.3 Å². The molecule has 48 heavy (non-hydrogen) atoms. The van der Waals surface area contributed by atoms with Gasteiger partial charge in [0.2, 0.25) is 8.32 Å². The summed E-state index contributed by atoms with van der Waals surface area (Å²) in [5.41, 5.74) is 6.09. The van der Waals surface area contributed by atoms with E-state index in [2.05, 4.69) is 92.9 Å². The molecule has 0 spiro atoms. The molecule has 5 rings (SSSR count). The first-order valence-corrected chi connectivity index (χ1v) is 22.6. The summed E-state index contributed by atoms with van der Waals surface area (Å²) in [5.74, 6) is 3.06. The van der Waals surface area contributed by atoms with Gasteiger partial charge in [0, 0.05) is 17.2 Å². The lowest BCUT2D eigenvalue weighted by Gasteiger charge is -2.39. The Hall–Kier alpha value is -4.08. The largest absolute Gasteiger partial charge is 0.543 e. The van der Waals surface area contributed by atoms with Gasteiger partial charge in [-0.2, -0.15) is 5.26 Å². The van der Waals surface area contributed by atoms with Gasteiger partial charge < -0.3 is 18.3 Å². The average Bonchev–Trinajstić information content (AvgIpc) is 3.43. The van der Waals surface area contributed by atoms with Gasteiger partial charge in [-0.3, -0.25) is 0 Å². The highest BCUT2D eigenvalue weighted by Crippen LogP contribution is 2.47. The Kier molecular flexibility index (Phi) is 9.61. The second kappa shape index (κ2) is 13.1. The predicted octanol–water partition coefficient (Wildman–Crippen LogP) is 9.63. The fraction of sp³-hybridized carbons (Fsp3) is 0.447. The number of nitriles is 1. The molecule has 0 N–H and O–H groups in total. The van der Waals surface area contributed by atoms with Crippen LogP contribution in [0.3, 0.4) is 0 Å². The summed E-state index contributed by atoms with van der Waals surface area (Å²) in [5, 5.41) is 19.0. The summed E-state index contributed by atoms with van der Waals surface area (Å²) in [7, 11) is -4.45. The molecule has 0 fully saturated rings. The number of ether oxygens (including phenoxy) is 2. The topological polar surface area (TPSA) is 91.4 Å². The molecule has 8 nitrogen and oxygen atoms in total. The SMILES string of the molecule is CCc1cc(-c2nnn(Cc3ccc(C#N)cc3)c2-c2ccc3c(c2)OCCO3)c(O[Si](C)(C)C(C)(C)C)cc1O[Si](C)(C)C(C)(C)C. The minimum Gasteiger partial charge on any atom is -0.543 e. The third-order valence-corrected chi connectivity index (χ3v) is 18.8. The molecule has 0 bridgehead atoms. The van der Waals surface area contributed by atoms with Crippen molar-refractivity contribution in [3.63, 3.8) is 0 Å². The molecule has 0 saturated carbocycles. The zero-order valence-electron chi connectivity index (χ0n) is 30.4. The van der Waals surface area contributed by atoms with Crippen molar-refractivity contribution in [1.29, 1.82) is 5.26 Å². The smallest absolute Gasteiger partial charge is 0.250 e. The van der Waals surface area contributed by atoms with E-state index < -0.39 is 16.6 Å². The minimum atomic E-state index is -2.30. The van der Waals surface area contributed by atoms with E-state index in [-0.39, 0.29) is 10.1 Å². The minimum absolute atomic E-state index is 0.0278. The van der Waals surface area contributed by atoms with Crippen LogP contribution in [0.2, 0.25) is 36.3 Å². The number of hydrogen-bond acceptors (Lipinski definition) is 7. The number of benzene rings is 3. The third kappa shape index (κ3) is 7.17. The van der Waals surface area contributed by atoms with Crippen molar-refractivity contribution in [2.75, 3.05) is 13.2 Å². The molecule has 0 radical (unpaired) electrons. The van der Waals surface area contributed by atoms with Crippen molar-refractivity contribution in [3.05, 3.63) is 71.3 Å². The van der Waals surface area contributed by atoms with E-state index in [0.29, 0.717) is 31.1 Å². The summed E-state index contributed by atoms with van der Waals surface area (Å²) < 4.78 is 27.9. The molecule has 1 aliphatic heterocycles. The number of rotatable bonds is 9. The highest BCUT2D eigenvalue weighted by Gasteiger charge is 2.42.